The fraction of sp³-hybridized carbons (Fsp3) is 0.545. The number of aromatic nitrogens is 1. The van der Waals surface area contributed by atoms with Crippen molar-refractivity contribution in [2.75, 3.05) is 26.2 Å². The van der Waals surface area contributed by atoms with Crippen molar-refractivity contribution in [1.29, 1.82) is 0 Å². The number of amides is 1. The maximum Gasteiger partial charge on any atom is 0.307 e. The molecule has 0 saturated carbocycles. The van der Waals surface area contributed by atoms with Crippen molar-refractivity contribution in [3.8, 4) is 0 Å². The summed E-state index contributed by atoms with van der Waals surface area (Å²) in [5.41, 5.74) is 5.60. The van der Waals surface area contributed by atoms with Gasteiger partial charge in [0.1, 0.15) is 0 Å². The lowest BCUT2D eigenvalue weighted by Gasteiger charge is -2.35. The van der Waals surface area contributed by atoms with E-state index in [1.165, 1.54) is 4.31 Å². The Bertz CT molecular complexity index is 1140. The van der Waals surface area contributed by atoms with Crippen LogP contribution in [-0.2, 0) is 21.4 Å². The van der Waals surface area contributed by atoms with E-state index in [1.807, 2.05) is 41.5 Å². The number of carbonyl (C=O) groups excluding carboxylic acids is 1. The molecule has 0 spiro atoms. The van der Waals surface area contributed by atoms with Crippen molar-refractivity contribution in [2.45, 2.75) is 59.4 Å². The van der Waals surface area contributed by atoms with Gasteiger partial charge in [-0.2, -0.15) is 4.31 Å². The van der Waals surface area contributed by atoms with Crippen LogP contribution in [0.3, 0.4) is 0 Å². The molecule has 1 saturated heterocycles. The molecule has 1 fully saturated rings. The van der Waals surface area contributed by atoms with Gasteiger partial charge in [0.25, 0.3) is 0 Å². The summed E-state index contributed by atoms with van der Waals surface area (Å²) in [4.78, 5) is 26.5. The first-order valence-electron chi connectivity index (χ1n) is 10.5. The van der Waals surface area contributed by atoms with Gasteiger partial charge in [-0.1, -0.05) is 11.3 Å². The van der Waals surface area contributed by atoms with Gasteiger partial charge in [-0.05, 0) is 69.4 Å². The minimum atomic E-state index is -3.64. The number of nitrogens with zero attached hydrogens (tertiary/aromatic N) is 3. The standard InChI is InChI=1S/C22H31N3O4S2/c1-14-13-30-22(27)25(14)8-7-20(26)23-9-11-24(12-10-23)31(28,29)21-18(5)16(3)15(2)17(4)19(21)6/h13H,7-12H2,1-6H3. The number of piperazine rings is 1. The second kappa shape index (κ2) is 8.88. The Kier molecular flexibility index (Phi) is 6.78. The molecule has 1 aliphatic rings. The minimum Gasteiger partial charge on any atom is -0.340 e. The highest BCUT2D eigenvalue weighted by molar-refractivity contribution is 7.89. The molecule has 0 bridgehead atoms. The van der Waals surface area contributed by atoms with E-state index in [1.54, 1.807) is 14.8 Å². The highest BCUT2D eigenvalue weighted by Crippen LogP contribution is 2.32. The molecule has 0 N–H and O–H groups in total. The van der Waals surface area contributed by atoms with E-state index in [-0.39, 0.29) is 30.3 Å². The SMILES string of the molecule is Cc1c(C)c(C)c(S(=O)(=O)N2CCN(C(=O)CCn3c(C)csc3=O)CC2)c(C)c1C. The summed E-state index contributed by atoms with van der Waals surface area (Å²) in [7, 11) is -3.64. The Balaban J connectivity index is 1.71. The molecule has 0 radical (unpaired) electrons. The van der Waals surface area contributed by atoms with Crippen LogP contribution in [0.15, 0.2) is 15.1 Å². The zero-order valence-electron chi connectivity index (χ0n) is 19.1. The second-order valence-electron chi connectivity index (χ2n) is 8.28. The van der Waals surface area contributed by atoms with Gasteiger partial charge >= 0.3 is 4.87 Å². The number of aryl methyl sites for hydroxylation is 1. The molecule has 31 heavy (non-hydrogen) atoms. The van der Waals surface area contributed by atoms with Gasteiger partial charge < -0.3 is 9.47 Å². The van der Waals surface area contributed by atoms with Crippen LogP contribution >= 0.6 is 11.3 Å². The molecule has 1 amide bonds. The van der Waals surface area contributed by atoms with Gasteiger partial charge in [0.15, 0.2) is 0 Å². The number of hydrogen-bond acceptors (Lipinski definition) is 5. The van der Waals surface area contributed by atoms with Crippen LogP contribution in [-0.4, -0.2) is 54.3 Å². The first kappa shape index (κ1) is 23.7. The molecule has 1 aromatic carbocycles. The number of rotatable bonds is 5. The fourth-order valence-corrected chi connectivity index (χ4v) is 6.94. The molecule has 0 aliphatic carbocycles. The average Bonchev–Trinajstić information content (AvgIpc) is 3.06. The summed E-state index contributed by atoms with van der Waals surface area (Å²) in [5, 5.41) is 1.79. The largest absolute Gasteiger partial charge is 0.340 e. The molecule has 7 nitrogen and oxygen atoms in total. The third-order valence-electron chi connectivity index (χ3n) is 6.65. The van der Waals surface area contributed by atoms with Gasteiger partial charge in [0, 0.05) is 50.2 Å². The summed E-state index contributed by atoms with van der Waals surface area (Å²) in [6.45, 7) is 13.2. The van der Waals surface area contributed by atoms with Crippen molar-refractivity contribution >= 4 is 27.3 Å². The smallest absolute Gasteiger partial charge is 0.307 e. The Morgan fingerprint density at radius 1 is 0.903 bits per heavy atom. The van der Waals surface area contributed by atoms with Crippen LogP contribution in [0.5, 0.6) is 0 Å². The second-order valence-corrected chi connectivity index (χ2v) is 11.0. The molecule has 1 aliphatic heterocycles. The number of benzene rings is 1. The fourth-order valence-electron chi connectivity index (χ4n) is 4.20. The molecular weight excluding hydrogens is 434 g/mol. The van der Waals surface area contributed by atoms with Crippen LogP contribution in [0.25, 0.3) is 0 Å². The number of sulfonamides is 1. The predicted molar refractivity (Wildman–Crippen MR) is 123 cm³/mol. The Morgan fingerprint density at radius 3 is 1.90 bits per heavy atom. The van der Waals surface area contributed by atoms with Gasteiger partial charge in [-0.25, -0.2) is 8.42 Å². The highest BCUT2D eigenvalue weighted by Gasteiger charge is 2.33. The molecule has 9 heteroatoms. The van der Waals surface area contributed by atoms with Crippen LogP contribution in [0, 0.1) is 41.5 Å². The predicted octanol–water partition coefficient (Wildman–Crippen LogP) is 2.68. The highest BCUT2D eigenvalue weighted by atomic mass is 32.2. The zero-order valence-corrected chi connectivity index (χ0v) is 20.7. The van der Waals surface area contributed by atoms with E-state index in [0.717, 1.165) is 44.8 Å². The Morgan fingerprint density at radius 2 is 1.42 bits per heavy atom. The third kappa shape index (κ3) is 4.36. The van der Waals surface area contributed by atoms with Crippen molar-refractivity contribution in [2.24, 2.45) is 0 Å². The maximum atomic E-state index is 13.5. The lowest BCUT2D eigenvalue weighted by atomic mass is 9.95. The van der Waals surface area contributed by atoms with Gasteiger partial charge in [-0.15, -0.1) is 0 Å². The topological polar surface area (TPSA) is 79.7 Å². The van der Waals surface area contributed by atoms with Gasteiger partial charge in [-0.3, -0.25) is 9.59 Å². The van der Waals surface area contributed by atoms with Gasteiger partial charge in [0.05, 0.1) is 4.90 Å². The van der Waals surface area contributed by atoms with Crippen LogP contribution in [0.2, 0.25) is 0 Å². The van der Waals surface area contributed by atoms with Crippen LogP contribution < -0.4 is 4.87 Å². The van der Waals surface area contributed by atoms with E-state index < -0.39 is 10.0 Å². The van der Waals surface area contributed by atoms with Crippen molar-refractivity contribution in [1.82, 2.24) is 13.8 Å². The van der Waals surface area contributed by atoms with E-state index in [9.17, 15) is 18.0 Å². The molecule has 2 heterocycles. The van der Waals surface area contributed by atoms with Crippen molar-refractivity contribution < 1.29 is 13.2 Å². The first-order chi connectivity index (χ1) is 14.5. The van der Waals surface area contributed by atoms with Gasteiger partial charge in [0.2, 0.25) is 15.9 Å². The van der Waals surface area contributed by atoms with Crippen LogP contribution in [0.4, 0.5) is 0 Å². The summed E-state index contributed by atoms with van der Waals surface area (Å²) >= 11 is 1.13. The third-order valence-corrected chi connectivity index (χ3v) is 9.70. The van der Waals surface area contributed by atoms with E-state index in [4.69, 9.17) is 0 Å². The normalized spacial score (nSPS) is 15.5. The Labute approximate surface area is 188 Å². The maximum absolute atomic E-state index is 13.5. The Hall–Kier alpha value is -1.97. The van der Waals surface area contributed by atoms with Crippen molar-refractivity contribution in [3.05, 3.63) is 48.6 Å². The average molecular weight is 466 g/mol. The lowest BCUT2D eigenvalue weighted by Crippen LogP contribution is -2.50. The molecule has 170 valence electrons. The van der Waals surface area contributed by atoms with E-state index in [2.05, 4.69) is 0 Å². The molecular formula is C22H31N3O4S2. The van der Waals surface area contributed by atoms with Crippen molar-refractivity contribution in [3.63, 3.8) is 0 Å². The monoisotopic (exact) mass is 465 g/mol. The molecule has 2 aromatic rings. The molecule has 0 atom stereocenters. The number of thiazole rings is 1. The number of carbonyl (C=O) groups is 1. The summed E-state index contributed by atoms with van der Waals surface area (Å²) in [6, 6.07) is 0. The van der Waals surface area contributed by atoms with E-state index >= 15 is 0 Å². The quantitative estimate of drug-likeness (QED) is 0.680. The lowest BCUT2D eigenvalue weighted by molar-refractivity contribution is -0.132. The summed E-state index contributed by atoms with van der Waals surface area (Å²) < 4.78 is 30.0. The zero-order chi connectivity index (χ0) is 23.1. The molecule has 3 rings (SSSR count). The summed E-state index contributed by atoms with van der Waals surface area (Å²) in [6.07, 6.45) is 0.235. The molecule has 1 aromatic heterocycles. The van der Waals surface area contributed by atoms with Crippen LogP contribution in [0.1, 0.15) is 39.9 Å². The summed E-state index contributed by atoms with van der Waals surface area (Å²) in [5.74, 6) is -0.0519. The first-order valence-corrected chi connectivity index (χ1v) is 12.8. The number of hydrogen-bond donors (Lipinski definition) is 0. The molecule has 0 unspecified atom stereocenters. The van der Waals surface area contributed by atoms with E-state index in [0.29, 0.717) is 24.5 Å². The minimum absolute atomic E-state index is 0.0519.